The van der Waals surface area contributed by atoms with E-state index in [0.717, 1.165) is 36.8 Å². The van der Waals surface area contributed by atoms with Crippen molar-refractivity contribution in [3.63, 3.8) is 0 Å². The van der Waals surface area contributed by atoms with Crippen molar-refractivity contribution >= 4 is 11.8 Å². The minimum absolute atomic E-state index is 0.416. The summed E-state index contributed by atoms with van der Waals surface area (Å²) in [6, 6.07) is 18.2. The minimum atomic E-state index is -1.14. The van der Waals surface area contributed by atoms with Gasteiger partial charge in [0.15, 0.2) is 0 Å². The highest BCUT2D eigenvalue weighted by atomic mass is 16.3. The molecule has 0 bridgehead atoms. The van der Waals surface area contributed by atoms with Crippen LogP contribution < -0.4 is 10.6 Å². The van der Waals surface area contributed by atoms with Gasteiger partial charge in [-0.25, -0.2) is 0 Å². The number of benzene rings is 2. The summed E-state index contributed by atoms with van der Waals surface area (Å²) in [7, 11) is 0. The van der Waals surface area contributed by atoms with Gasteiger partial charge in [-0.2, -0.15) is 0 Å². The molecule has 0 aromatic heterocycles. The fraction of sp³-hybridized carbons (Fsp3) is 0.562. The number of nitrogens with one attached hydrogen (secondary N) is 2. The summed E-state index contributed by atoms with van der Waals surface area (Å²) in [4.78, 5) is 26.6. The summed E-state index contributed by atoms with van der Waals surface area (Å²) < 4.78 is 0. The Bertz CT molecular complexity index is 872. The van der Waals surface area contributed by atoms with Crippen LogP contribution in [0.4, 0.5) is 0 Å². The van der Waals surface area contributed by atoms with Crippen LogP contribution in [-0.4, -0.2) is 45.3 Å². The van der Waals surface area contributed by atoms with Gasteiger partial charge in [0.05, 0.1) is 23.3 Å². The Hall–Kier alpha value is -2.70. The lowest BCUT2D eigenvalue weighted by Gasteiger charge is -2.38. The van der Waals surface area contributed by atoms with E-state index in [1.54, 1.807) is 0 Å². The van der Waals surface area contributed by atoms with Gasteiger partial charge in [0.1, 0.15) is 0 Å². The average Bonchev–Trinajstić information content (AvgIpc) is 2.89. The van der Waals surface area contributed by atoms with Crippen molar-refractivity contribution in [1.29, 1.82) is 0 Å². The first kappa shape index (κ1) is 31.5. The van der Waals surface area contributed by atoms with Gasteiger partial charge in [0.25, 0.3) is 0 Å². The van der Waals surface area contributed by atoms with Crippen LogP contribution in [0, 0.1) is 0 Å². The molecule has 6 heteroatoms. The Kier molecular flexibility index (Phi) is 13.0. The first-order chi connectivity index (χ1) is 18.2. The van der Waals surface area contributed by atoms with Crippen LogP contribution in [0.15, 0.2) is 60.7 Å². The molecule has 2 aromatic rings. The van der Waals surface area contributed by atoms with E-state index in [4.69, 9.17) is 0 Å². The molecular weight excluding hydrogens is 476 g/mol. The molecule has 0 saturated heterocycles. The quantitative estimate of drug-likeness (QED) is 0.230. The van der Waals surface area contributed by atoms with E-state index in [1.165, 1.54) is 0 Å². The van der Waals surface area contributed by atoms with Gasteiger partial charge in [-0.1, -0.05) is 114 Å². The zero-order valence-corrected chi connectivity index (χ0v) is 23.7. The van der Waals surface area contributed by atoms with Crippen LogP contribution in [0.1, 0.15) is 90.2 Å². The lowest BCUT2D eigenvalue weighted by molar-refractivity contribution is -0.143. The molecule has 6 nitrogen and oxygen atoms in total. The molecule has 0 saturated carbocycles. The smallest absolute Gasteiger partial charge is 0.309 e. The molecule has 0 heterocycles. The molecule has 0 aliphatic rings. The van der Waals surface area contributed by atoms with Crippen molar-refractivity contribution in [2.75, 3.05) is 0 Å². The predicted molar refractivity (Wildman–Crippen MR) is 154 cm³/mol. The van der Waals surface area contributed by atoms with Gasteiger partial charge in [0.2, 0.25) is 0 Å². The van der Waals surface area contributed by atoms with Crippen molar-refractivity contribution < 1.29 is 19.8 Å². The number of aliphatic hydroxyl groups is 2. The average molecular weight is 525 g/mol. The molecule has 2 atom stereocenters. The standard InChI is InChI=1S/C32H48N2O4/c1-5-19-31(37,20-6-2)27(23-25-15-11-9-12-16-25)33-29(35)30(36)34-28(24-26-17-13-10-14-18-26)32(38,21-7-3)22-8-4/h9-18,27-28,37-38H,5-8,19-24H2,1-4H3,(H,33,35)(H,34,36). The monoisotopic (exact) mass is 524 g/mol. The maximum absolute atomic E-state index is 13.3. The summed E-state index contributed by atoms with van der Waals surface area (Å²) >= 11 is 0. The van der Waals surface area contributed by atoms with Gasteiger partial charge in [0, 0.05) is 0 Å². The third-order valence-corrected chi connectivity index (χ3v) is 7.41. The van der Waals surface area contributed by atoms with Crippen molar-refractivity contribution in [3.05, 3.63) is 71.8 Å². The first-order valence-corrected chi connectivity index (χ1v) is 14.3. The lowest BCUT2D eigenvalue weighted by atomic mass is 9.81. The normalized spacial score (nSPS) is 13.5. The maximum Gasteiger partial charge on any atom is 0.309 e. The predicted octanol–water partition coefficient (Wildman–Crippen LogP) is 5.10. The molecule has 2 amide bonds. The molecule has 0 spiro atoms. The van der Waals surface area contributed by atoms with Crippen LogP contribution in [-0.2, 0) is 22.4 Å². The second-order valence-corrected chi connectivity index (χ2v) is 10.6. The van der Waals surface area contributed by atoms with E-state index >= 15 is 0 Å². The maximum atomic E-state index is 13.3. The van der Waals surface area contributed by atoms with Gasteiger partial charge in [-0.3, -0.25) is 9.59 Å². The van der Waals surface area contributed by atoms with Gasteiger partial charge >= 0.3 is 11.8 Å². The Morgan fingerprint density at radius 1 is 0.605 bits per heavy atom. The summed E-state index contributed by atoms with van der Waals surface area (Å²) in [5.41, 5.74) is -0.314. The highest BCUT2D eigenvalue weighted by molar-refractivity contribution is 6.35. The van der Waals surface area contributed by atoms with E-state index in [9.17, 15) is 19.8 Å². The topological polar surface area (TPSA) is 98.7 Å². The molecule has 0 aliphatic heterocycles. The Morgan fingerprint density at radius 2 is 0.895 bits per heavy atom. The molecule has 38 heavy (non-hydrogen) atoms. The van der Waals surface area contributed by atoms with Gasteiger partial charge < -0.3 is 20.8 Å². The van der Waals surface area contributed by atoms with E-state index in [-0.39, 0.29) is 0 Å². The van der Waals surface area contributed by atoms with E-state index in [1.807, 2.05) is 88.4 Å². The minimum Gasteiger partial charge on any atom is -0.388 e. The molecule has 2 unspecified atom stereocenters. The molecule has 2 aromatic carbocycles. The number of amides is 2. The zero-order valence-electron chi connectivity index (χ0n) is 23.7. The SMILES string of the molecule is CCCC(O)(CCC)C(Cc1ccccc1)NC(=O)C(=O)NC(Cc1ccccc1)C(O)(CCC)CCC. The molecule has 2 rings (SSSR count). The summed E-state index contributed by atoms with van der Waals surface area (Å²) in [5, 5.41) is 29.0. The Morgan fingerprint density at radius 3 is 1.16 bits per heavy atom. The van der Waals surface area contributed by atoms with Gasteiger partial charge in [-0.15, -0.1) is 0 Å². The first-order valence-electron chi connectivity index (χ1n) is 14.3. The Balaban J connectivity index is 2.30. The van der Waals surface area contributed by atoms with Crippen molar-refractivity contribution in [3.8, 4) is 0 Å². The Labute approximate surface area is 229 Å². The van der Waals surface area contributed by atoms with Gasteiger partial charge in [-0.05, 0) is 49.7 Å². The summed E-state index contributed by atoms with van der Waals surface area (Å²) in [6.07, 6.45) is 5.92. The van der Waals surface area contributed by atoms with E-state index in [0.29, 0.717) is 38.5 Å². The third kappa shape index (κ3) is 9.25. The molecule has 0 radical (unpaired) electrons. The molecule has 0 fully saturated rings. The summed E-state index contributed by atoms with van der Waals surface area (Å²) in [6.45, 7) is 8.02. The highest BCUT2D eigenvalue weighted by Gasteiger charge is 2.40. The highest BCUT2D eigenvalue weighted by Crippen LogP contribution is 2.28. The molecule has 210 valence electrons. The van der Waals surface area contributed by atoms with Crippen LogP contribution in [0.5, 0.6) is 0 Å². The number of carbonyl (C=O) groups excluding carboxylic acids is 2. The number of carbonyl (C=O) groups is 2. The lowest BCUT2D eigenvalue weighted by Crippen LogP contribution is -2.60. The zero-order chi connectivity index (χ0) is 28.0. The van der Waals surface area contributed by atoms with Crippen LogP contribution >= 0.6 is 0 Å². The summed E-state index contributed by atoms with van der Waals surface area (Å²) in [5.74, 6) is -1.57. The largest absolute Gasteiger partial charge is 0.388 e. The fourth-order valence-corrected chi connectivity index (χ4v) is 5.58. The molecular formula is C32H48N2O4. The number of hydrogen-bond acceptors (Lipinski definition) is 4. The fourth-order valence-electron chi connectivity index (χ4n) is 5.58. The van der Waals surface area contributed by atoms with Crippen molar-refractivity contribution in [2.24, 2.45) is 0 Å². The van der Waals surface area contributed by atoms with E-state index in [2.05, 4.69) is 10.6 Å². The number of hydrogen-bond donors (Lipinski definition) is 4. The third-order valence-electron chi connectivity index (χ3n) is 7.41. The van der Waals surface area contributed by atoms with Crippen LogP contribution in [0.3, 0.4) is 0 Å². The van der Waals surface area contributed by atoms with Crippen LogP contribution in [0.25, 0.3) is 0 Å². The van der Waals surface area contributed by atoms with E-state index < -0.39 is 35.1 Å². The second-order valence-electron chi connectivity index (χ2n) is 10.6. The second kappa shape index (κ2) is 15.6. The number of rotatable bonds is 16. The molecule has 0 aliphatic carbocycles. The molecule has 4 N–H and O–H groups in total. The van der Waals surface area contributed by atoms with Crippen molar-refractivity contribution in [1.82, 2.24) is 10.6 Å². The van der Waals surface area contributed by atoms with Crippen LogP contribution in [0.2, 0.25) is 0 Å². The van der Waals surface area contributed by atoms with Crippen molar-refractivity contribution in [2.45, 2.75) is 115 Å².